The minimum absolute atomic E-state index is 0.0304. The zero-order chi connectivity index (χ0) is 17.3. The fourth-order valence-electron chi connectivity index (χ4n) is 2.44. The lowest BCUT2D eigenvalue weighted by atomic mass is 10.1. The van der Waals surface area contributed by atoms with Crippen molar-refractivity contribution in [3.63, 3.8) is 0 Å². The van der Waals surface area contributed by atoms with Gasteiger partial charge in [-0.2, -0.15) is 5.10 Å². The second-order valence-corrected chi connectivity index (χ2v) is 5.43. The van der Waals surface area contributed by atoms with E-state index in [-0.39, 0.29) is 11.6 Å². The molecule has 0 bridgehead atoms. The summed E-state index contributed by atoms with van der Waals surface area (Å²) in [5.41, 5.74) is 2.36. The van der Waals surface area contributed by atoms with E-state index >= 15 is 0 Å². The normalized spacial score (nSPS) is 12.1. The van der Waals surface area contributed by atoms with Crippen LogP contribution in [0.4, 0.5) is 0 Å². The van der Waals surface area contributed by atoms with Crippen LogP contribution in [-0.2, 0) is 7.05 Å². The van der Waals surface area contributed by atoms with Gasteiger partial charge in [-0.25, -0.2) is 9.48 Å². The van der Waals surface area contributed by atoms with Crippen LogP contribution < -0.4 is 4.74 Å². The van der Waals surface area contributed by atoms with Crippen molar-refractivity contribution < 1.29 is 14.6 Å². The number of rotatable bonds is 5. The maximum atomic E-state index is 11.3. The summed E-state index contributed by atoms with van der Waals surface area (Å²) in [5, 5.41) is 21.7. The second kappa shape index (κ2) is 6.15. The van der Waals surface area contributed by atoms with Gasteiger partial charge in [-0.15, -0.1) is 5.10 Å². The standard InChI is InChI=1S/C16H17N5O3/c1-10(12-7-17-20(2)8-12)21-9-14(18-19-21)11-4-5-15(24-3)13(6-11)16(22)23/h4-10H,1-3H3,(H,22,23)/t10-/m0/s1. The van der Waals surface area contributed by atoms with Crippen LogP contribution >= 0.6 is 0 Å². The van der Waals surface area contributed by atoms with E-state index in [1.807, 2.05) is 20.2 Å². The van der Waals surface area contributed by atoms with Crippen LogP contribution in [-0.4, -0.2) is 43.0 Å². The number of ether oxygens (including phenoxy) is 1. The van der Waals surface area contributed by atoms with Gasteiger partial charge in [0.1, 0.15) is 17.0 Å². The fourth-order valence-corrected chi connectivity index (χ4v) is 2.44. The van der Waals surface area contributed by atoms with Gasteiger partial charge < -0.3 is 9.84 Å². The van der Waals surface area contributed by atoms with Gasteiger partial charge in [-0.05, 0) is 25.1 Å². The number of aromatic carboxylic acids is 1. The first-order chi connectivity index (χ1) is 11.5. The van der Waals surface area contributed by atoms with Gasteiger partial charge in [0.2, 0.25) is 0 Å². The molecule has 3 rings (SSSR count). The van der Waals surface area contributed by atoms with Crippen molar-refractivity contribution >= 4 is 5.97 Å². The average Bonchev–Trinajstić information content (AvgIpc) is 3.22. The van der Waals surface area contributed by atoms with E-state index < -0.39 is 5.97 Å². The zero-order valence-corrected chi connectivity index (χ0v) is 13.5. The summed E-state index contributed by atoms with van der Waals surface area (Å²) < 4.78 is 8.52. The molecule has 0 unspecified atom stereocenters. The Kier molecular flexibility index (Phi) is 4.03. The molecule has 0 fully saturated rings. The maximum Gasteiger partial charge on any atom is 0.339 e. The monoisotopic (exact) mass is 327 g/mol. The number of hydrogen-bond acceptors (Lipinski definition) is 5. The number of hydrogen-bond donors (Lipinski definition) is 1. The Morgan fingerprint density at radius 1 is 1.33 bits per heavy atom. The van der Waals surface area contributed by atoms with E-state index in [0.29, 0.717) is 17.0 Å². The molecule has 0 radical (unpaired) electrons. The van der Waals surface area contributed by atoms with Gasteiger partial charge >= 0.3 is 5.97 Å². The van der Waals surface area contributed by atoms with Crippen molar-refractivity contribution in [3.8, 4) is 17.0 Å². The van der Waals surface area contributed by atoms with E-state index in [2.05, 4.69) is 15.4 Å². The van der Waals surface area contributed by atoms with Crippen LogP contribution in [0.15, 0.2) is 36.8 Å². The maximum absolute atomic E-state index is 11.3. The molecule has 2 heterocycles. The summed E-state index contributed by atoms with van der Waals surface area (Å²) in [6.07, 6.45) is 5.48. The summed E-state index contributed by atoms with van der Waals surface area (Å²) in [4.78, 5) is 11.3. The SMILES string of the molecule is COc1ccc(-c2cn([C@@H](C)c3cnn(C)c3)nn2)cc1C(=O)O. The third-order valence-electron chi connectivity index (χ3n) is 3.84. The largest absolute Gasteiger partial charge is 0.496 e. The molecule has 1 atom stereocenters. The van der Waals surface area contributed by atoms with Crippen molar-refractivity contribution in [2.45, 2.75) is 13.0 Å². The second-order valence-electron chi connectivity index (χ2n) is 5.43. The van der Waals surface area contributed by atoms with Crippen LogP contribution in [0, 0.1) is 0 Å². The lowest BCUT2D eigenvalue weighted by Gasteiger charge is -2.08. The van der Waals surface area contributed by atoms with Gasteiger partial charge in [-0.3, -0.25) is 4.68 Å². The molecule has 1 N–H and O–H groups in total. The van der Waals surface area contributed by atoms with Crippen LogP contribution in [0.3, 0.4) is 0 Å². The zero-order valence-electron chi connectivity index (χ0n) is 13.5. The van der Waals surface area contributed by atoms with Crippen LogP contribution in [0.25, 0.3) is 11.3 Å². The lowest BCUT2D eigenvalue weighted by molar-refractivity contribution is 0.0693. The first-order valence-electron chi connectivity index (χ1n) is 7.31. The molecule has 0 spiro atoms. The van der Waals surface area contributed by atoms with E-state index in [0.717, 1.165) is 5.56 Å². The minimum atomic E-state index is -1.05. The smallest absolute Gasteiger partial charge is 0.339 e. The fraction of sp³-hybridized carbons (Fsp3) is 0.250. The summed E-state index contributed by atoms with van der Waals surface area (Å²) in [5.74, 6) is -0.743. The van der Waals surface area contributed by atoms with E-state index in [9.17, 15) is 9.90 Å². The Hall–Kier alpha value is -3.16. The molecule has 0 saturated carbocycles. The van der Waals surface area contributed by atoms with Crippen molar-refractivity contribution in [1.82, 2.24) is 24.8 Å². The molecular weight excluding hydrogens is 310 g/mol. The number of carbonyl (C=O) groups is 1. The Bertz CT molecular complexity index is 883. The third-order valence-corrected chi connectivity index (χ3v) is 3.84. The van der Waals surface area contributed by atoms with Crippen LogP contribution in [0.1, 0.15) is 28.9 Å². The summed E-state index contributed by atoms with van der Waals surface area (Å²) >= 11 is 0. The predicted molar refractivity (Wildman–Crippen MR) is 86.0 cm³/mol. The average molecular weight is 327 g/mol. The summed E-state index contributed by atoms with van der Waals surface area (Å²) in [6.45, 7) is 1.99. The van der Waals surface area contributed by atoms with Gasteiger partial charge in [0.25, 0.3) is 0 Å². The highest BCUT2D eigenvalue weighted by Gasteiger charge is 2.16. The van der Waals surface area contributed by atoms with Gasteiger partial charge in [0.15, 0.2) is 0 Å². The molecule has 0 amide bonds. The summed E-state index contributed by atoms with van der Waals surface area (Å²) in [6, 6.07) is 4.87. The molecule has 2 aromatic heterocycles. The number of nitrogens with zero attached hydrogens (tertiary/aromatic N) is 5. The Labute approximate surface area is 138 Å². The molecule has 0 saturated heterocycles. The number of benzene rings is 1. The number of aromatic nitrogens is 5. The quantitative estimate of drug-likeness (QED) is 0.770. The molecule has 8 heteroatoms. The molecule has 0 aliphatic rings. The molecular formula is C16H17N5O3. The van der Waals surface area contributed by atoms with Crippen molar-refractivity contribution in [1.29, 1.82) is 0 Å². The first-order valence-corrected chi connectivity index (χ1v) is 7.31. The molecule has 1 aromatic carbocycles. The van der Waals surface area contributed by atoms with Gasteiger partial charge in [-0.1, -0.05) is 5.21 Å². The molecule has 0 aliphatic carbocycles. The first kappa shape index (κ1) is 15.7. The number of carboxylic acids is 1. The Morgan fingerprint density at radius 3 is 2.75 bits per heavy atom. The van der Waals surface area contributed by atoms with Crippen molar-refractivity contribution in [2.75, 3.05) is 7.11 Å². The molecule has 124 valence electrons. The Balaban J connectivity index is 1.93. The Morgan fingerprint density at radius 2 is 2.12 bits per heavy atom. The lowest BCUT2D eigenvalue weighted by Crippen LogP contribution is -2.06. The molecule has 3 aromatic rings. The van der Waals surface area contributed by atoms with E-state index in [1.165, 1.54) is 13.2 Å². The highest BCUT2D eigenvalue weighted by atomic mass is 16.5. The highest BCUT2D eigenvalue weighted by molar-refractivity contribution is 5.92. The summed E-state index contributed by atoms with van der Waals surface area (Å²) in [7, 11) is 3.29. The molecule has 24 heavy (non-hydrogen) atoms. The van der Waals surface area contributed by atoms with Crippen molar-refractivity contribution in [3.05, 3.63) is 47.9 Å². The topological polar surface area (TPSA) is 95.1 Å². The van der Waals surface area contributed by atoms with Crippen molar-refractivity contribution in [2.24, 2.45) is 7.05 Å². The highest BCUT2D eigenvalue weighted by Crippen LogP contribution is 2.26. The minimum Gasteiger partial charge on any atom is -0.496 e. The van der Waals surface area contributed by atoms with Gasteiger partial charge in [0.05, 0.1) is 25.5 Å². The van der Waals surface area contributed by atoms with E-state index in [1.54, 1.807) is 33.9 Å². The van der Waals surface area contributed by atoms with Gasteiger partial charge in [0, 0.05) is 24.4 Å². The molecule has 0 aliphatic heterocycles. The molecule has 8 nitrogen and oxygen atoms in total. The predicted octanol–water partition coefficient (Wildman–Crippen LogP) is 1.99. The van der Waals surface area contributed by atoms with Crippen LogP contribution in [0.5, 0.6) is 5.75 Å². The van der Waals surface area contributed by atoms with Crippen LogP contribution in [0.2, 0.25) is 0 Å². The third kappa shape index (κ3) is 2.85. The number of carboxylic acid groups (broad SMARTS) is 1. The number of aryl methyl sites for hydroxylation is 1. The van der Waals surface area contributed by atoms with E-state index in [4.69, 9.17) is 4.74 Å². The number of methoxy groups -OCH3 is 1.